The minimum absolute atomic E-state index is 0.0488. The summed E-state index contributed by atoms with van der Waals surface area (Å²) in [5.41, 5.74) is 0.670. The van der Waals surface area contributed by atoms with Gasteiger partial charge in [-0.15, -0.1) is 0 Å². The first-order valence-corrected chi connectivity index (χ1v) is 6.24. The Hall–Kier alpha value is -1.94. The highest BCUT2D eigenvalue weighted by atomic mass is 79.9. The second kappa shape index (κ2) is 5.82. The van der Waals surface area contributed by atoms with E-state index in [0.29, 0.717) is 10.5 Å². The van der Waals surface area contributed by atoms with Crippen LogP contribution in [0.5, 0.6) is 0 Å². The van der Waals surface area contributed by atoms with E-state index in [-0.39, 0.29) is 11.5 Å². The highest BCUT2D eigenvalue weighted by Crippen LogP contribution is 2.32. The highest BCUT2D eigenvalue weighted by molar-refractivity contribution is 9.10. The van der Waals surface area contributed by atoms with Gasteiger partial charge in [-0.3, -0.25) is 5.43 Å². The van der Waals surface area contributed by atoms with Gasteiger partial charge in [0.15, 0.2) is 5.69 Å². The fourth-order valence-electron chi connectivity index (χ4n) is 1.47. The van der Waals surface area contributed by atoms with E-state index in [2.05, 4.69) is 31.2 Å². The molecule has 10 heteroatoms. The Balaban J connectivity index is 2.45. The summed E-state index contributed by atoms with van der Waals surface area (Å²) in [6.07, 6.45) is -4.68. The molecule has 0 atom stereocenters. The van der Waals surface area contributed by atoms with Gasteiger partial charge in [-0.25, -0.2) is 15.2 Å². The predicted molar refractivity (Wildman–Crippen MR) is 72.2 cm³/mol. The quantitative estimate of drug-likeness (QED) is 0.441. The van der Waals surface area contributed by atoms with Crippen LogP contribution in [0.15, 0.2) is 28.7 Å². The monoisotopic (exact) mass is 365 g/mol. The van der Waals surface area contributed by atoms with Crippen LogP contribution in [0.1, 0.15) is 5.69 Å². The lowest BCUT2D eigenvalue weighted by atomic mass is 10.3. The third-order valence-electron chi connectivity index (χ3n) is 2.36. The van der Waals surface area contributed by atoms with Crippen molar-refractivity contribution in [1.82, 2.24) is 9.97 Å². The van der Waals surface area contributed by atoms with E-state index < -0.39 is 23.6 Å². The Morgan fingerprint density at radius 3 is 2.48 bits per heavy atom. The predicted octanol–water partition coefficient (Wildman–Crippen LogP) is 3.43. The molecule has 0 fully saturated rings. The maximum Gasteiger partial charge on any atom is 0.433 e. The van der Waals surface area contributed by atoms with Crippen molar-refractivity contribution in [2.45, 2.75) is 6.18 Å². The molecule has 112 valence electrons. The molecule has 0 amide bonds. The minimum Gasteiger partial charge on any atom is -0.337 e. The summed E-state index contributed by atoms with van der Waals surface area (Å²) in [6.45, 7) is 0. The number of nitrogens with two attached hydrogens (primary N) is 1. The maximum absolute atomic E-state index is 13.7. The van der Waals surface area contributed by atoms with Crippen molar-refractivity contribution in [3.63, 3.8) is 0 Å². The van der Waals surface area contributed by atoms with Gasteiger partial charge in [-0.2, -0.15) is 18.2 Å². The van der Waals surface area contributed by atoms with Gasteiger partial charge in [0.25, 0.3) is 0 Å². The van der Waals surface area contributed by atoms with Gasteiger partial charge in [-0.05, 0) is 28.1 Å². The third kappa shape index (κ3) is 3.58. The molecule has 1 aromatic carbocycles. The van der Waals surface area contributed by atoms with Gasteiger partial charge >= 0.3 is 6.18 Å². The molecule has 1 aromatic heterocycles. The second-order valence-electron chi connectivity index (χ2n) is 3.83. The van der Waals surface area contributed by atoms with Gasteiger partial charge in [0, 0.05) is 10.5 Å². The van der Waals surface area contributed by atoms with E-state index in [1.165, 1.54) is 12.1 Å². The first kappa shape index (κ1) is 15.4. The van der Waals surface area contributed by atoms with E-state index in [1.54, 1.807) is 0 Å². The molecule has 0 unspecified atom stereocenters. The Labute approximate surface area is 124 Å². The van der Waals surface area contributed by atoms with Crippen LogP contribution in [0.3, 0.4) is 0 Å². The SMILES string of the molecule is NNc1nc(Nc2c(F)cccc2Br)cc(C(F)(F)F)n1. The zero-order valence-corrected chi connectivity index (χ0v) is 11.8. The van der Waals surface area contributed by atoms with Crippen LogP contribution in [0.25, 0.3) is 0 Å². The zero-order valence-electron chi connectivity index (χ0n) is 10.2. The Morgan fingerprint density at radius 2 is 1.90 bits per heavy atom. The van der Waals surface area contributed by atoms with Crippen molar-refractivity contribution in [2.24, 2.45) is 5.84 Å². The lowest BCUT2D eigenvalue weighted by Gasteiger charge is -2.12. The topological polar surface area (TPSA) is 75.9 Å². The van der Waals surface area contributed by atoms with Crippen LogP contribution >= 0.6 is 15.9 Å². The number of anilines is 3. The molecule has 2 rings (SSSR count). The molecule has 4 N–H and O–H groups in total. The number of nitrogens with zero attached hydrogens (tertiary/aromatic N) is 2. The number of alkyl halides is 3. The number of para-hydroxylation sites is 1. The maximum atomic E-state index is 13.7. The highest BCUT2D eigenvalue weighted by Gasteiger charge is 2.33. The number of halogens is 5. The molecule has 5 nitrogen and oxygen atoms in total. The summed E-state index contributed by atoms with van der Waals surface area (Å²) < 4.78 is 52.1. The molecular formula is C11H8BrF4N5. The van der Waals surface area contributed by atoms with E-state index in [1.807, 2.05) is 5.43 Å². The van der Waals surface area contributed by atoms with Crippen LogP contribution in [-0.4, -0.2) is 9.97 Å². The van der Waals surface area contributed by atoms with Gasteiger partial charge in [0.1, 0.15) is 11.6 Å². The summed E-state index contributed by atoms with van der Waals surface area (Å²) in [5, 5.41) is 2.46. The summed E-state index contributed by atoms with van der Waals surface area (Å²) >= 11 is 3.09. The molecule has 0 spiro atoms. The van der Waals surface area contributed by atoms with Crippen LogP contribution in [0, 0.1) is 5.82 Å². The number of hydrogen-bond acceptors (Lipinski definition) is 5. The molecular weight excluding hydrogens is 358 g/mol. The van der Waals surface area contributed by atoms with Gasteiger partial charge < -0.3 is 5.32 Å². The smallest absolute Gasteiger partial charge is 0.337 e. The normalized spacial score (nSPS) is 11.3. The number of nitrogens with one attached hydrogen (secondary N) is 2. The number of hydrogen-bond donors (Lipinski definition) is 3. The minimum atomic E-state index is -4.68. The zero-order chi connectivity index (χ0) is 15.6. The van der Waals surface area contributed by atoms with Crippen molar-refractivity contribution in [1.29, 1.82) is 0 Å². The van der Waals surface area contributed by atoms with E-state index >= 15 is 0 Å². The number of rotatable bonds is 3. The van der Waals surface area contributed by atoms with Crippen LogP contribution in [0.4, 0.5) is 35.0 Å². The molecule has 0 saturated carbocycles. The first-order valence-electron chi connectivity index (χ1n) is 5.45. The van der Waals surface area contributed by atoms with Crippen molar-refractivity contribution in [3.8, 4) is 0 Å². The molecule has 0 aliphatic heterocycles. The average molecular weight is 366 g/mol. The molecule has 0 radical (unpaired) electrons. The van der Waals surface area contributed by atoms with Crippen LogP contribution in [-0.2, 0) is 6.18 Å². The van der Waals surface area contributed by atoms with Crippen molar-refractivity contribution < 1.29 is 17.6 Å². The Bertz CT molecular complexity index is 641. The second-order valence-corrected chi connectivity index (χ2v) is 4.68. The lowest BCUT2D eigenvalue weighted by Crippen LogP contribution is -2.16. The first-order chi connectivity index (χ1) is 9.81. The summed E-state index contributed by atoms with van der Waals surface area (Å²) in [5.74, 6) is 3.68. The Kier molecular flexibility index (Phi) is 4.28. The number of aromatic nitrogens is 2. The molecule has 1 heterocycles. The van der Waals surface area contributed by atoms with Gasteiger partial charge in [0.05, 0.1) is 5.69 Å². The standard InChI is InChI=1S/C11H8BrF4N5/c12-5-2-1-3-6(13)9(5)19-8-4-7(11(14,15)16)18-10(20-8)21-17/h1-4H,17H2,(H2,18,19,20,21). The van der Waals surface area contributed by atoms with E-state index in [4.69, 9.17) is 5.84 Å². The molecule has 0 bridgehead atoms. The van der Waals surface area contributed by atoms with E-state index in [9.17, 15) is 17.6 Å². The van der Waals surface area contributed by atoms with Crippen LogP contribution in [0.2, 0.25) is 0 Å². The van der Waals surface area contributed by atoms with Crippen molar-refractivity contribution in [3.05, 3.63) is 40.2 Å². The number of hydrazine groups is 1. The van der Waals surface area contributed by atoms with Crippen molar-refractivity contribution >= 4 is 33.4 Å². The fourth-order valence-corrected chi connectivity index (χ4v) is 1.91. The molecule has 0 saturated heterocycles. The Morgan fingerprint density at radius 1 is 1.19 bits per heavy atom. The largest absolute Gasteiger partial charge is 0.433 e. The average Bonchev–Trinajstić information content (AvgIpc) is 2.42. The number of benzene rings is 1. The van der Waals surface area contributed by atoms with Crippen LogP contribution < -0.4 is 16.6 Å². The van der Waals surface area contributed by atoms with Crippen molar-refractivity contribution in [2.75, 3.05) is 10.7 Å². The van der Waals surface area contributed by atoms with Gasteiger partial charge in [-0.1, -0.05) is 6.07 Å². The number of nitrogen functional groups attached to an aromatic ring is 1. The summed E-state index contributed by atoms with van der Waals surface area (Å²) in [6, 6.07) is 4.78. The molecule has 21 heavy (non-hydrogen) atoms. The molecule has 0 aliphatic carbocycles. The fraction of sp³-hybridized carbons (Fsp3) is 0.0909. The summed E-state index contributed by atoms with van der Waals surface area (Å²) in [4.78, 5) is 6.89. The lowest BCUT2D eigenvalue weighted by molar-refractivity contribution is -0.141. The van der Waals surface area contributed by atoms with Gasteiger partial charge in [0.2, 0.25) is 5.95 Å². The third-order valence-corrected chi connectivity index (χ3v) is 3.02. The molecule has 2 aromatic rings. The summed E-state index contributed by atoms with van der Waals surface area (Å²) in [7, 11) is 0. The molecule has 0 aliphatic rings. The van der Waals surface area contributed by atoms with E-state index in [0.717, 1.165) is 6.07 Å².